The Morgan fingerprint density at radius 1 is 1.60 bits per heavy atom. The highest BCUT2D eigenvalue weighted by Crippen LogP contribution is 1.65. The molecule has 0 amide bonds. The van der Waals surface area contributed by atoms with Crippen LogP contribution in [0.5, 0.6) is 0 Å². The van der Waals surface area contributed by atoms with Crippen molar-refractivity contribution in [3.8, 4) is 0 Å². The van der Waals surface area contributed by atoms with Crippen molar-refractivity contribution in [3.63, 3.8) is 0 Å². The van der Waals surface area contributed by atoms with Gasteiger partial charge in [0.25, 0.3) is 0 Å². The highest BCUT2D eigenvalue weighted by atomic mass is 32.1. The van der Waals surface area contributed by atoms with E-state index in [0.29, 0.717) is 13.5 Å². The largest absolute Gasteiger partial charge is 0.376 e. The van der Waals surface area contributed by atoms with E-state index >= 15 is 0 Å². The minimum absolute atomic E-state index is 0.261. The fourth-order valence-electron chi connectivity index (χ4n) is 0.347. The van der Waals surface area contributed by atoms with Crippen molar-refractivity contribution < 1.29 is 4.74 Å². The summed E-state index contributed by atoms with van der Waals surface area (Å²) >= 11 is 4.54. The Bertz CT molecular complexity index is 98.9. The molecule has 0 unspecified atom stereocenters. The predicted octanol–water partition coefficient (Wildman–Crippen LogP) is -0.639. The van der Waals surface area contributed by atoms with Gasteiger partial charge >= 0.3 is 0 Å². The van der Waals surface area contributed by atoms with Crippen LogP contribution in [0.4, 0.5) is 0 Å². The lowest BCUT2D eigenvalue weighted by atomic mass is 10.8. The third kappa shape index (κ3) is 7.61. The zero-order valence-corrected chi connectivity index (χ0v) is 6.83. The molecule has 0 aliphatic heterocycles. The predicted molar refractivity (Wildman–Crippen MR) is 44.4 cm³/mol. The van der Waals surface area contributed by atoms with E-state index in [1.807, 2.05) is 6.92 Å². The van der Waals surface area contributed by atoms with Crippen LogP contribution in [0, 0.1) is 0 Å². The third-order valence-corrected chi connectivity index (χ3v) is 0.947. The van der Waals surface area contributed by atoms with E-state index in [1.54, 1.807) is 0 Å². The Balaban J connectivity index is 2.84. The molecule has 4 N–H and O–H groups in total. The van der Waals surface area contributed by atoms with Crippen LogP contribution < -0.4 is 16.4 Å². The minimum Gasteiger partial charge on any atom is -0.376 e. The zero-order chi connectivity index (χ0) is 7.82. The van der Waals surface area contributed by atoms with Crippen LogP contribution in [0.2, 0.25) is 0 Å². The first-order valence-corrected chi connectivity index (χ1v) is 3.50. The van der Waals surface area contributed by atoms with E-state index in [-0.39, 0.29) is 5.11 Å². The molecule has 0 saturated heterocycles. The van der Waals surface area contributed by atoms with Crippen molar-refractivity contribution in [1.29, 1.82) is 0 Å². The van der Waals surface area contributed by atoms with Gasteiger partial charge in [0.1, 0.15) is 6.73 Å². The van der Waals surface area contributed by atoms with Crippen molar-refractivity contribution in [1.82, 2.24) is 10.6 Å². The summed E-state index contributed by atoms with van der Waals surface area (Å²) in [4.78, 5) is 0. The highest BCUT2D eigenvalue weighted by molar-refractivity contribution is 7.80. The molecule has 0 rings (SSSR count). The van der Waals surface area contributed by atoms with Gasteiger partial charge in [-0.15, -0.1) is 0 Å². The molecule has 0 radical (unpaired) electrons. The summed E-state index contributed by atoms with van der Waals surface area (Å²) in [5, 5.41) is 5.89. The van der Waals surface area contributed by atoms with Crippen molar-refractivity contribution in [2.24, 2.45) is 5.73 Å². The summed E-state index contributed by atoms with van der Waals surface area (Å²) in [7, 11) is 0. The molecule has 5 heteroatoms. The van der Waals surface area contributed by atoms with Gasteiger partial charge in [-0.25, -0.2) is 0 Å². The molecular formula is C5H13N3OS. The van der Waals surface area contributed by atoms with Crippen LogP contribution in [0.3, 0.4) is 0 Å². The molecule has 0 heterocycles. The van der Waals surface area contributed by atoms with E-state index in [9.17, 15) is 0 Å². The van der Waals surface area contributed by atoms with Crippen LogP contribution in [-0.2, 0) is 4.74 Å². The number of thiocarbonyl (C=S) groups is 1. The molecule has 0 aromatic rings. The van der Waals surface area contributed by atoms with Crippen LogP contribution in [0.1, 0.15) is 6.92 Å². The summed E-state index contributed by atoms with van der Waals surface area (Å²) in [5.41, 5.74) is 5.13. The topological polar surface area (TPSA) is 59.3 Å². The van der Waals surface area contributed by atoms with E-state index in [1.165, 1.54) is 0 Å². The lowest BCUT2D eigenvalue weighted by molar-refractivity contribution is 0.113. The Morgan fingerprint density at radius 3 is 2.80 bits per heavy atom. The lowest BCUT2D eigenvalue weighted by Gasteiger charge is -2.04. The van der Waals surface area contributed by atoms with Gasteiger partial charge in [0.05, 0.1) is 6.73 Å². The summed E-state index contributed by atoms with van der Waals surface area (Å²) < 4.78 is 5.00. The van der Waals surface area contributed by atoms with Crippen molar-refractivity contribution in [3.05, 3.63) is 0 Å². The van der Waals surface area contributed by atoms with Crippen molar-refractivity contribution in [2.45, 2.75) is 6.92 Å². The highest BCUT2D eigenvalue weighted by Gasteiger charge is 1.84. The molecule has 0 aromatic heterocycles. The molecule has 4 nitrogen and oxygen atoms in total. The molecule has 10 heavy (non-hydrogen) atoms. The van der Waals surface area contributed by atoms with Gasteiger partial charge < -0.3 is 15.8 Å². The number of hydrogen-bond acceptors (Lipinski definition) is 3. The molecule has 0 aliphatic carbocycles. The van der Waals surface area contributed by atoms with Crippen LogP contribution >= 0.6 is 12.2 Å². The van der Waals surface area contributed by atoms with Gasteiger partial charge in [0.2, 0.25) is 0 Å². The monoisotopic (exact) mass is 163 g/mol. The Hall–Kier alpha value is -0.390. The quantitative estimate of drug-likeness (QED) is 0.286. The first kappa shape index (κ1) is 9.61. The van der Waals surface area contributed by atoms with Crippen molar-refractivity contribution >= 4 is 17.3 Å². The molecule has 0 spiro atoms. The maximum absolute atomic E-state index is 5.13. The minimum atomic E-state index is 0.261. The molecule has 0 saturated carbocycles. The summed E-state index contributed by atoms with van der Waals surface area (Å²) in [6.07, 6.45) is 0. The zero-order valence-electron chi connectivity index (χ0n) is 6.02. The second kappa shape index (κ2) is 6.73. The van der Waals surface area contributed by atoms with Gasteiger partial charge in [-0.3, -0.25) is 5.32 Å². The fourth-order valence-corrected chi connectivity index (χ4v) is 0.406. The number of hydrogen-bond donors (Lipinski definition) is 3. The number of nitrogens with two attached hydrogens (primary N) is 1. The average molecular weight is 163 g/mol. The number of rotatable bonds is 5. The second-order valence-corrected chi connectivity index (χ2v) is 2.08. The first-order valence-electron chi connectivity index (χ1n) is 3.09. The average Bonchev–Trinajstić information content (AvgIpc) is 1.87. The summed E-state index contributed by atoms with van der Waals surface area (Å²) in [6.45, 7) is 3.78. The lowest BCUT2D eigenvalue weighted by Crippen LogP contribution is -2.32. The molecule has 0 aliphatic rings. The Kier molecular flexibility index (Phi) is 6.46. The molecule has 0 bridgehead atoms. The number of ether oxygens (including phenoxy) is 1. The first-order chi connectivity index (χ1) is 4.77. The maximum atomic E-state index is 5.13. The maximum Gasteiger partial charge on any atom is 0.165 e. The van der Waals surface area contributed by atoms with Crippen LogP contribution in [0.25, 0.3) is 0 Å². The Morgan fingerprint density at radius 2 is 2.30 bits per heavy atom. The third-order valence-electron chi connectivity index (χ3n) is 0.803. The van der Waals surface area contributed by atoms with Gasteiger partial charge in [-0.2, -0.15) is 0 Å². The van der Waals surface area contributed by atoms with E-state index < -0.39 is 0 Å². The summed E-state index contributed by atoms with van der Waals surface area (Å²) in [5.74, 6) is 0. The van der Waals surface area contributed by atoms with Gasteiger partial charge in [0.15, 0.2) is 5.11 Å². The summed E-state index contributed by atoms with van der Waals surface area (Å²) in [6, 6.07) is 0. The van der Waals surface area contributed by atoms with E-state index in [4.69, 9.17) is 10.5 Å². The van der Waals surface area contributed by atoms with Crippen LogP contribution in [-0.4, -0.2) is 25.1 Å². The fraction of sp³-hybridized carbons (Fsp3) is 0.800. The van der Waals surface area contributed by atoms with E-state index in [2.05, 4.69) is 22.9 Å². The molecule has 0 atom stereocenters. The van der Waals surface area contributed by atoms with Gasteiger partial charge in [0, 0.05) is 0 Å². The molecule has 0 fully saturated rings. The number of nitrogens with one attached hydrogen (secondary N) is 2. The normalized spacial score (nSPS) is 9.30. The second-order valence-electron chi connectivity index (χ2n) is 1.64. The SMILES string of the molecule is CCNCOCNC(N)=S. The van der Waals surface area contributed by atoms with Gasteiger partial charge in [-0.05, 0) is 18.8 Å². The molecular weight excluding hydrogens is 150 g/mol. The van der Waals surface area contributed by atoms with E-state index in [0.717, 1.165) is 6.54 Å². The smallest absolute Gasteiger partial charge is 0.165 e. The Labute approximate surface area is 66.1 Å². The standard InChI is InChI=1S/C5H13N3OS/c1-2-7-3-9-4-8-5(6)10/h7H,2-4H2,1H3,(H3,6,8,10). The molecule has 0 aromatic carbocycles. The molecule has 60 valence electrons. The van der Waals surface area contributed by atoms with Crippen molar-refractivity contribution in [2.75, 3.05) is 20.0 Å². The van der Waals surface area contributed by atoms with Crippen LogP contribution in [0.15, 0.2) is 0 Å². The van der Waals surface area contributed by atoms with Gasteiger partial charge in [-0.1, -0.05) is 6.92 Å².